The van der Waals surface area contributed by atoms with Crippen LogP contribution in [0, 0.1) is 5.92 Å². The minimum absolute atomic E-state index is 0.444. The van der Waals surface area contributed by atoms with Crippen molar-refractivity contribution >= 4 is 0 Å². The van der Waals surface area contributed by atoms with Gasteiger partial charge in [0.15, 0.2) is 0 Å². The lowest BCUT2D eigenvalue weighted by Gasteiger charge is -2.17. The molecule has 0 saturated heterocycles. The number of nitrogens with two attached hydrogens (primary N) is 1. The highest BCUT2D eigenvalue weighted by atomic mass is 14.6. The van der Waals surface area contributed by atoms with Gasteiger partial charge < -0.3 is 5.73 Å². The number of allylic oxidation sites excluding steroid dienone is 1. The number of rotatable bonds is 5. The largest absolute Gasteiger partial charge is 0.327 e. The summed E-state index contributed by atoms with van der Waals surface area (Å²) in [6, 6.07) is 0.444. The minimum Gasteiger partial charge on any atom is -0.327 e. The number of hydrogen-bond acceptors (Lipinski definition) is 1. The van der Waals surface area contributed by atoms with Crippen LogP contribution in [0.25, 0.3) is 0 Å². The smallest absolute Gasteiger partial charge is 0.00761 e. The molecule has 0 aromatic heterocycles. The Kier molecular flexibility index (Phi) is 3.63. The molecule has 0 radical (unpaired) electrons. The van der Waals surface area contributed by atoms with Gasteiger partial charge in [0.1, 0.15) is 0 Å². The van der Waals surface area contributed by atoms with E-state index in [9.17, 15) is 0 Å². The highest BCUT2D eigenvalue weighted by Gasteiger charge is 2.21. The topological polar surface area (TPSA) is 26.0 Å². The van der Waals surface area contributed by atoms with Crippen molar-refractivity contribution in [3.8, 4) is 0 Å². The monoisotopic (exact) mass is 193 g/mol. The SMILES string of the molecule is NC(CCC1CC1)CC1=CCCCC1. The Bertz CT molecular complexity index is 203. The summed E-state index contributed by atoms with van der Waals surface area (Å²) in [6.07, 6.45) is 14.6. The molecule has 1 fully saturated rings. The highest BCUT2D eigenvalue weighted by Crippen LogP contribution is 2.34. The summed E-state index contributed by atoms with van der Waals surface area (Å²) in [5, 5.41) is 0. The molecule has 0 spiro atoms. The molecule has 1 unspecified atom stereocenters. The quantitative estimate of drug-likeness (QED) is 0.665. The lowest BCUT2D eigenvalue weighted by Crippen LogP contribution is -2.21. The van der Waals surface area contributed by atoms with Crippen molar-refractivity contribution in [1.82, 2.24) is 0 Å². The van der Waals surface area contributed by atoms with Crippen molar-refractivity contribution in [1.29, 1.82) is 0 Å². The van der Waals surface area contributed by atoms with Gasteiger partial charge in [-0.25, -0.2) is 0 Å². The third-order valence-electron chi connectivity index (χ3n) is 3.55. The van der Waals surface area contributed by atoms with Crippen LogP contribution in [0.4, 0.5) is 0 Å². The molecule has 0 aromatic carbocycles. The minimum atomic E-state index is 0.444. The van der Waals surface area contributed by atoms with E-state index in [0.717, 1.165) is 5.92 Å². The van der Waals surface area contributed by atoms with Gasteiger partial charge in [-0.3, -0.25) is 0 Å². The van der Waals surface area contributed by atoms with Crippen molar-refractivity contribution in [3.63, 3.8) is 0 Å². The first-order chi connectivity index (χ1) is 6.84. The summed E-state index contributed by atoms with van der Waals surface area (Å²) in [5.41, 5.74) is 7.78. The van der Waals surface area contributed by atoms with Crippen molar-refractivity contribution in [2.75, 3.05) is 0 Å². The van der Waals surface area contributed by atoms with Crippen LogP contribution in [0.2, 0.25) is 0 Å². The van der Waals surface area contributed by atoms with Gasteiger partial charge in [0.2, 0.25) is 0 Å². The maximum atomic E-state index is 6.14. The van der Waals surface area contributed by atoms with Crippen LogP contribution in [-0.4, -0.2) is 6.04 Å². The van der Waals surface area contributed by atoms with Gasteiger partial charge in [-0.15, -0.1) is 0 Å². The van der Waals surface area contributed by atoms with Gasteiger partial charge >= 0.3 is 0 Å². The van der Waals surface area contributed by atoms with Crippen LogP contribution in [0.1, 0.15) is 57.8 Å². The molecule has 2 aliphatic carbocycles. The molecule has 80 valence electrons. The highest BCUT2D eigenvalue weighted by molar-refractivity contribution is 5.06. The molecule has 2 aliphatic rings. The van der Waals surface area contributed by atoms with E-state index in [1.54, 1.807) is 5.57 Å². The van der Waals surface area contributed by atoms with Crippen molar-refractivity contribution < 1.29 is 0 Å². The van der Waals surface area contributed by atoms with Crippen molar-refractivity contribution in [2.24, 2.45) is 11.7 Å². The second kappa shape index (κ2) is 4.97. The van der Waals surface area contributed by atoms with Crippen molar-refractivity contribution in [2.45, 2.75) is 63.8 Å². The molecular weight excluding hydrogens is 170 g/mol. The molecule has 1 atom stereocenters. The summed E-state index contributed by atoms with van der Waals surface area (Å²) in [6.45, 7) is 0. The number of hydrogen-bond donors (Lipinski definition) is 1. The standard InChI is InChI=1S/C13H23N/c14-13(9-8-11-6-7-11)10-12-4-2-1-3-5-12/h4,11,13H,1-3,5-10,14H2. The first-order valence-electron chi connectivity index (χ1n) is 6.28. The fourth-order valence-corrected chi connectivity index (χ4v) is 2.39. The Morgan fingerprint density at radius 3 is 2.86 bits per heavy atom. The predicted molar refractivity (Wildman–Crippen MR) is 61.1 cm³/mol. The first-order valence-corrected chi connectivity index (χ1v) is 6.28. The summed E-state index contributed by atoms with van der Waals surface area (Å²) >= 11 is 0. The molecule has 0 heterocycles. The van der Waals surface area contributed by atoms with Gasteiger partial charge in [-0.05, 0) is 50.9 Å². The molecule has 14 heavy (non-hydrogen) atoms. The van der Waals surface area contributed by atoms with Crippen LogP contribution < -0.4 is 5.73 Å². The molecule has 0 aliphatic heterocycles. The second-order valence-corrected chi connectivity index (χ2v) is 5.09. The van der Waals surface area contributed by atoms with E-state index >= 15 is 0 Å². The average Bonchev–Trinajstić information content (AvgIpc) is 3.00. The predicted octanol–water partition coefficient (Wildman–Crippen LogP) is 3.39. The van der Waals surface area contributed by atoms with Gasteiger partial charge in [0, 0.05) is 6.04 Å². The zero-order valence-electron chi connectivity index (χ0n) is 9.17. The Balaban J connectivity index is 1.64. The third kappa shape index (κ3) is 3.45. The third-order valence-corrected chi connectivity index (χ3v) is 3.55. The molecule has 0 amide bonds. The molecule has 2 rings (SSSR count). The zero-order valence-corrected chi connectivity index (χ0v) is 9.17. The molecule has 2 N–H and O–H groups in total. The maximum Gasteiger partial charge on any atom is 0.00761 e. The van der Waals surface area contributed by atoms with Gasteiger partial charge in [0.25, 0.3) is 0 Å². The van der Waals surface area contributed by atoms with Gasteiger partial charge in [0.05, 0.1) is 0 Å². The van der Waals surface area contributed by atoms with E-state index in [-0.39, 0.29) is 0 Å². The van der Waals surface area contributed by atoms with E-state index in [4.69, 9.17) is 5.73 Å². The van der Waals surface area contributed by atoms with E-state index < -0.39 is 0 Å². The van der Waals surface area contributed by atoms with Gasteiger partial charge in [-0.2, -0.15) is 0 Å². The van der Waals surface area contributed by atoms with Crippen LogP contribution in [0.15, 0.2) is 11.6 Å². The molecule has 0 bridgehead atoms. The van der Waals surface area contributed by atoms with Crippen LogP contribution in [-0.2, 0) is 0 Å². The Hall–Kier alpha value is -0.300. The van der Waals surface area contributed by atoms with E-state index in [0.29, 0.717) is 6.04 Å². The normalized spacial score (nSPS) is 24.5. The van der Waals surface area contributed by atoms with E-state index in [1.165, 1.54) is 57.8 Å². The van der Waals surface area contributed by atoms with E-state index in [1.807, 2.05) is 0 Å². The van der Waals surface area contributed by atoms with Crippen LogP contribution in [0.5, 0.6) is 0 Å². The maximum absolute atomic E-state index is 6.14. The summed E-state index contributed by atoms with van der Waals surface area (Å²) in [4.78, 5) is 0. The van der Waals surface area contributed by atoms with Gasteiger partial charge in [-0.1, -0.05) is 24.5 Å². The molecular formula is C13H23N. The fourth-order valence-electron chi connectivity index (χ4n) is 2.39. The lowest BCUT2D eigenvalue weighted by molar-refractivity contribution is 0.533. The van der Waals surface area contributed by atoms with E-state index in [2.05, 4.69) is 6.08 Å². The second-order valence-electron chi connectivity index (χ2n) is 5.09. The van der Waals surface area contributed by atoms with Crippen molar-refractivity contribution in [3.05, 3.63) is 11.6 Å². The average molecular weight is 193 g/mol. The molecule has 0 aromatic rings. The first kappa shape index (κ1) is 10.2. The Morgan fingerprint density at radius 2 is 2.21 bits per heavy atom. The van der Waals surface area contributed by atoms with Crippen LogP contribution >= 0.6 is 0 Å². The fraction of sp³-hybridized carbons (Fsp3) is 0.846. The molecule has 1 nitrogen and oxygen atoms in total. The lowest BCUT2D eigenvalue weighted by atomic mass is 9.93. The molecule has 1 saturated carbocycles. The summed E-state index contributed by atoms with van der Waals surface area (Å²) < 4.78 is 0. The Morgan fingerprint density at radius 1 is 1.36 bits per heavy atom. The zero-order chi connectivity index (χ0) is 9.80. The molecule has 1 heteroatoms. The summed E-state index contributed by atoms with van der Waals surface area (Å²) in [5.74, 6) is 1.04. The Labute approximate surface area is 87.8 Å². The van der Waals surface area contributed by atoms with Crippen LogP contribution in [0.3, 0.4) is 0 Å². The summed E-state index contributed by atoms with van der Waals surface area (Å²) in [7, 11) is 0.